The smallest absolute Gasteiger partial charge is 0.237 e. The lowest BCUT2D eigenvalue weighted by molar-refractivity contribution is 0.600. The van der Waals surface area contributed by atoms with E-state index in [9.17, 15) is 8.42 Å². The van der Waals surface area contributed by atoms with E-state index in [0.29, 0.717) is 16.3 Å². The SMILES string of the molecule is O=S(=O)(Cc1ccccc1Cl)Nc1cccc2cc[nH]c12. The second-order valence-corrected chi connectivity index (χ2v) is 6.83. The Bertz CT molecular complexity index is 887. The lowest BCUT2D eigenvalue weighted by Gasteiger charge is -2.10. The number of fused-ring (bicyclic) bond motifs is 1. The summed E-state index contributed by atoms with van der Waals surface area (Å²) in [4.78, 5) is 3.03. The molecule has 0 aliphatic heterocycles. The maximum absolute atomic E-state index is 12.3. The fourth-order valence-electron chi connectivity index (χ4n) is 2.19. The highest BCUT2D eigenvalue weighted by Gasteiger charge is 2.15. The maximum atomic E-state index is 12.3. The molecule has 0 bridgehead atoms. The van der Waals surface area contributed by atoms with Crippen molar-refractivity contribution in [3.05, 3.63) is 65.3 Å². The van der Waals surface area contributed by atoms with Gasteiger partial charge in [-0.2, -0.15) is 0 Å². The topological polar surface area (TPSA) is 62.0 Å². The fraction of sp³-hybridized carbons (Fsp3) is 0.0667. The Morgan fingerprint density at radius 1 is 1.05 bits per heavy atom. The molecule has 0 radical (unpaired) electrons. The van der Waals surface area contributed by atoms with Crippen molar-refractivity contribution in [2.75, 3.05) is 4.72 Å². The summed E-state index contributed by atoms with van der Waals surface area (Å²) in [5, 5.41) is 1.40. The molecule has 2 N–H and O–H groups in total. The number of aromatic nitrogens is 1. The summed E-state index contributed by atoms with van der Waals surface area (Å²) in [6.45, 7) is 0. The minimum absolute atomic E-state index is 0.163. The van der Waals surface area contributed by atoms with Crippen molar-refractivity contribution in [3.63, 3.8) is 0 Å². The molecule has 2 aromatic carbocycles. The minimum Gasteiger partial charge on any atom is -0.359 e. The molecule has 108 valence electrons. The van der Waals surface area contributed by atoms with Crippen molar-refractivity contribution in [1.82, 2.24) is 4.98 Å². The van der Waals surface area contributed by atoms with Crippen LogP contribution in [0.4, 0.5) is 5.69 Å². The van der Waals surface area contributed by atoms with Crippen LogP contribution in [0, 0.1) is 0 Å². The molecule has 0 amide bonds. The number of rotatable bonds is 4. The van der Waals surface area contributed by atoms with Gasteiger partial charge in [0, 0.05) is 16.6 Å². The number of halogens is 1. The summed E-state index contributed by atoms with van der Waals surface area (Å²) in [6, 6.07) is 14.3. The molecule has 0 spiro atoms. The van der Waals surface area contributed by atoms with Gasteiger partial charge in [-0.25, -0.2) is 8.42 Å². The van der Waals surface area contributed by atoms with Crippen molar-refractivity contribution in [1.29, 1.82) is 0 Å². The van der Waals surface area contributed by atoms with Crippen LogP contribution in [0.2, 0.25) is 5.02 Å². The molecular formula is C15H13ClN2O2S. The van der Waals surface area contributed by atoms with Gasteiger partial charge in [0.1, 0.15) is 0 Å². The standard InChI is InChI=1S/C15H13ClN2O2S/c16-13-6-2-1-4-12(13)10-21(19,20)18-14-7-3-5-11-8-9-17-15(11)14/h1-9,17-18H,10H2. The van der Waals surface area contributed by atoms with Crippen LogP contribution >= 0.6 is 11.6 Å². The summed E-state index contributed by atoms with van der Waals surface area (Å²) < 4.78 is 27.2. The van der Waals surface area contributed by atoms with E-state index in [0.717, 1.165) is 10.9 Å². The lowest BCUT2D eigenvalue weighted by atomic mass is 10.2. The van der Waals surface area contributed by atoms with Gasteiger partial charge in [-0.05, 0) is 23.8 Å². The van der Waals surface area contributed by atoms with Crippen LogP contribution in [0.5, 0.6) is 0 Å². The van der Waals surface area contributed by atoms with Crippen LogP contribution in [0.25, 0.3) is 10.9 Å². The molecule has 0 aliphatic carbocycles. The number of nitrogens with one attached hydrogen (secondary N) is 2. The highest BCUT2D eigenvalue weighted by atomic mass is 35.5. The summed E-state index contributed by atoms with van der Waals surface area (Å²) in [6.07, 6.45) is 1.77. The van der Waals surface area contributed by atoms with Crippen molar-refractivity contribution in [2.45, 2.75) is 5.75 Å². The molecule has 0 unspecified atom stereocenters. The number of sulfonamides is 1. The van der Waals surface area contributed by atoms with Gasteiger partial charge in [0.15, 0.2) is 0 Å². The summed E-state index contributed by atoms with van der Waals surface area (Å²) in [7, 11) is -3.53. The Hall–Kier alpha value is -1.98. The molecule has 1 heterocycles. The number of benzene rings is 2. The lowest BCUT2D eigenvalue weighted by Crippen LogP contribution is -2.15. The first-order valence-corrected chi connectivity index (χ1v) is 8.38. The van der Waals surface area contributed by atoms with E-state index in [1.165, 1.54) is 0 Å². The third-order valence-corrected chi connectivity index (χ3v) is 4.75. The highest BCUT2D eigenvalue weighted by Crippen LogP contribution is 2.24. The first-order valence-electron chi connectivity index (χ1n) is 6.35. The van der Waals surface area contributed by atoms with Gasteiger partial charge in [0.2, 0.25) is 10.0 Å². The Labute approximate surface area is 127 Å². The zero-order valence-electron chi connectivity index (χ0n) is 11.0. The van der Waals surface area contributed by atoms with Crippen molar-refractivity contribution in [2.24, 2.45) is 0 Å². The minimum atomic E-state index is -3.53. The van der Waals surface area contributed by atoms with E-state index in [4.69, 9.17) is 11.6 Å². The predicted octanol–water partition coefficient (Wildman–Crippen LogP) is 3.76. The van der Waals surface area contributed by atoms with Gasteiger partial charge in [0.05, 0.1) is 17.0 Å². The second-order valence-electron chi connectivity index (χ2n) is 4.70. The van der Waals surface area contributed by atoms with E-state index < -0.39 is 10.0 Å². The monoisotopic (exact) mass is 320 g/mol. The predicted molar refractivity (Wildman–Crippen MR) is 86.0 cm³/mol. The quantitative estimate of drug-likeness (QED) is 0.768. The van der Waals surface area contributed by atoms with Crippen molar-refractivity contribution < 1.29 is 8.42 Å². The number of hydrogen-bond donors (Lipinski definition) is 2. The normalized spacial score (nSPS) is 11.7. The zero-order chi connectivity index (χ0) is 14.9. The zero-order valence-corrected chi connectivity index (χ0v) is 12.6. The van der Waals surface area contributed by atoms with E-state index in [-0.39, 0.29) is 5.75 Å². The number of anilines is 1. The van der Waals surface area contributed by atoms with Crippen LogP contribution in [0.3, 0.4) is 0 Å². The number of hydrogen-bond acceptors (Lipinski definition) is 2. The molecule has 4 nitrogen and oxygen atoms in total. The Balaban J connectivity index is 1.90. The van der Waals surface area contributed by atoms with Gasteiger partial charge >= 0.3 is 0 Å². The van der Waals surface area contributed by atoms with Crippen LogP contribution in [-0.4, -0.2) is 13.4 Å². The van der Waals surface area contributed by atoms with E-state index in [1.807, 2.05) is 18.2 Å². The average Bonchev–Trinajstić information content (AvgIpc) is 2.90. The fourth-order valence-corrected chi connectivity index (χ4v) is 3.71. The van der Waals surface area contributed by atoms with Crippen molar-refractivity contribution >= 4 is 38.2 Å². The molecule has 0 saturated heterocycles. The third-order valence-electron chi connectivity index (χ3n) is 3.16. The van der Waals surface area contributed by atoms with Gasteiger partial charge in [-0.1, -0.05) is 41.9 Å². The van der Waals surface area contributed by atoms with Crippen LogP contribution < -0.4 is 4.72 Å². The summed E-state index contributed by atoms with van der Waals surface area (Å²) >= 11 is 6.01. The van der Waals surface area contributed by atoms with E-state index in [1.54, 1.807) is 36.5 Å². The molecule has 3 rings (SSSR count). The molecule has 0 saturated carbocycles. The molecule has 0 fully saturated rings. The third kappa shape index (κ3) is 3.04. The molecule has 3 aromatic rings. The number of H-pyrrole nitrogens is 1. The first-order chi connectivity index (χ1) is 10.1. The maximum Gasteiger partial charge on any atom is 0.237 e. The van der Waals surface area contributed by atoms with Gasteiger partial charge in [-0.3, -0.25) is 4.72 Å². The van der Waals surface area contributed by atoms with Crippen LogP contribution in [-0.2, 0) is 15.8 Å². The Morgan fingerprint density at radius 2 is 1.86 bits per heavy atom. The number of aromatic amines is 1. The number of para-hydroxylation sites is 1. The largest absolute Gasteiger partial charge is 0.359 e. The Morgan fingerprint density at radius 3 is 2.67 bits per heavy atom. The second kappa shape index (κ2) is 5.42. The van der Waals surface area contributed by atoms with E-state index >= 15 is 0 Å². The molecule has 0 aliphatic rings. The summed E-state index contributed by atoms with van der Waals surface area (Å²) in [5.41, 5.74) is 1.87. The Kier molecular flexibility index (Phi) is 3.61. The van der Waals surface area contributed by atoms with Crippen LogP contribution in [0.15, 0.2) is 54.7 Å². The average molecular weight is 321 g/mol. The van der Waals surface area contributed by atoms with Gasteiger partial charge in [-0.15, -0.1) is 0 Å². The molecule has 0 atom stereocenters. The molecule has 6 heteroatoms. The van der Waals surface area contributed by atoms with Gasteiger partial charge in [0.25, 0.3) is 0 Å². The van der Waals surface area contributed by atoms with E-state index in [2.05, 4.69) is 9.71 Å². The van der Waals surface area contributed by atoms with Gasteiger partial charge < -0.3 is 4.98 Å². The molecular weight excluding hydrogens is 308 g/mol. The van der Waals surface area contributed by atoms with Crippen LogP contribution in [0.1, 0.15) is 5.56 Å². The molecule has 1 aromatic heterocycles. The highest BCUT2D eigenvalue weighted by molar-refractivity contribution is 7.91. The van der Waals surface area contributed by atoms with Crippen molar-refractivity contribution in [3.8, 4) is 0 Å². The molecule has 21 heavy (non-hydrogen) atoms. The first kappa shape index (κ1) is 14.0. The summed E-state index contributed by atoms with van der Waals surface area (Å²) in [5.74, 6) is -0.163.